The van der Waals surface area contributed by atoms with Gasteiger partial charge in [0.15, 0.2) is 0 Å². The van der Waals surface area contributed by atoms with Crippen molar-refractivity contribution in [2.45, 2.75) is 38.1 Å². The first-order valence-electron chi connectivity index (χ1n) is 5.24. The Hall–Kier alpha value is -0.600. The maximum atomic E-state index is 13.7. The van der Waals surface area contributed by atoms with Gasteiger partial charge < -0.3 is 5.73 Å². The first-order chi connectivity index (χ1) is 7.02. The number of benzene rings is 1. The van der Waals surface area contributed by atoms with Gasteiger partial charge >= 0.3 is 0 Å². The zero-order valence-corrected chi connectivity index (χ0v) is 9.57. The van der Waals surface area contributed by atoms with E-state index in [2.05, 4.69) is 0 Å². The van der Waals surface area contributed by atoms with E-state index in [1.807, 2.05) is 13.0 Å². The van der Waals surface area contributed by atoms with Crippen LogP contribution in [0, 0.1) is 12.7 Å². The molecular weight excluding hydrogens is 213 g/mol. The third-order valence-corrected chi connectivity index (χ3v) is 3.49. The molecule has 0 aromatic heterocycles. The zero-order valence-electron chi connectivity index (χ0n) is 8.82. The molecule has 1 aromatic rings. The highest BCUT2D eigenvalue weighted by Gasteiger charge is 2.37. The normalized spacial score (nSPS) is 17.9. The fourth-order valence-electron chi connectivity index (χ4n) is 1.78. The van der Waals surface area contributed by atoms with Gasteiger partial charge in [-0.05, 0) is 49.8 Å². The second-order valence-electron chi connectivity index (χ2n) is 4.52. The van der Waals surface area contributed by atoms with Crippen molar-refractivity contribution in [1.82, 2.24) is 0 Å². The molecule has 0 heterocycles. The van der Waals surface area contributed by atoms with Gasteiger partial charge in [-0.3, -0.25) is 0 Å². The van der Waals surface area contributed by atoms with Crippen LogP contribution in [-0.2, 0) is 6.42 Å². The summed E-state index contributed by atoms with van der Waals surface area (Å²) in [6.45, 7) is 1.91. The highest BCUT2D eigenvalue weighted by molar-refractivity contribution is 6.30. The predicted molar refractivity (Wildman–Crippen MR) is 60.6 cm³/mol. The molecule has 0 unspecified atom stereocenters. The van der Waals surface area contributed by atoms with Gasteiger partial charge in [0.1, 0.15) is 5.82 Å². The summed E-state index contributed by atoms with van der Waals surface area (Å²) in [4.78, 5) is 0. The molecule has 0 aliphatic heterocycles. The number of aryl methyl sites for hydroxylation is 1. The third kappa shape index (κ3) is 2.32. The van der Waals surface area contributed by atoms with Crippen molar-refractivity contribution in [2.75, 3.05) is 0 Å². The van der Waals surface area contributed by atoms with Crippen LogP contribution >= 0.6 is 11.6 Å². The van der Waals surface area contributed by atoms with Crippen LogP contribution in [0.25, 0.3) is 0 Å². The van der Waals surface area contributed by atoms with Crippen molar-refractivity contribution in [3.63, 3.8) is 0 Å². The Labute approximate surface area is 94.4 Å². The van der Waals surface area contributed by atoms with Gasteiger partial charge in [-0.1, -0.05) is 17.7 Å². The van der Waals surface area contributed by atoms with E-state index < -0.39 is 0 Å². The SMILES string of the molecule is Cc1ccc(Cl)c(F)c1CCC1(N)CC1. The zero-order chi connectivity index (χ0) is 11.1. The summed E-state index contributed by atoms with van der Waals surface area (Å²) in [5, 5.41) is 0.206. The lowest BCUT2D eigenvalue weighted by Crippen LogP contribution is -2.22. The van der Waals surface area contributed by atoms with Crippen LogP contribution in [0.15, 0.2) is 12.1 Å². The highest BCUT2D eigenvalue weighted by Crippen LogP contribution is 2.37. The molecule has 3 heteroatoms. The lowest BCUT2D eigenvalue weighted by Gasteiger charge is -2.11. The van der Waals surface area contributed by atoms with Crippen molar-refractivity contribution in [2.24, 2.45) is 5.73 Å². The van der Waals surface area contributed by atoms with Crippen LogP contribution in [0.2, 0.25) is 5.02 Å². The molecule has 0 atom stereocenters. The fraction of sp³-hybridized carbons (Fsp3) is 0.500. The topological polar surface area (TPSA) is 26.0 Å². The molecule has 0 radical (unpaired) electrons. The average molecular weight is 228 g/mol. The molecule has 1 fully saturated rings. The molecule has 1 aliphatic carbocycles. The molecule has 1 nitrogen and oxygen atoms in total. The van der Waals surface area contributed by atoms with Gasteiger partial charge in [-0.15, -0.1) is 0 Å². The maximum absolute atomic E-state index is 13.7. The van der Waals surface area contributed by atoms with E-state index in [1.54, 1.807) is 6.07 Å². The molecular formula is C12H15ClFN. The Bertz CT molecular complexity index is 385. The highest BCUT2D eigenvalue weighted by atomic mass is 35.5. The lowest BCUT2D eigenvalue weighted by atomic mass is 10.00. The van der Waals surface area contributed by atoms with Crippen LogP contribution in [0.1, 0.15) is 30.4 Å². The van der Waals surface area contributed by atoms with Crippen molar-refractivity contribution >= 4 is 11.6 Å². The Morgan fingerprint density at radius 3 is 2.73 bits per heavy atom. The fourth-order valence-corrected chi connectivity index (χ4v) is 1.96. The van der Waals surface area contributed by atoms with Crippen molar-refractivity contribution in [1.29, 1.82) is 0 Å². The summed E-state index contributed by atoms with van der Waals surface area (Å²) in [6.07, 6.45) is 3.67. The predicted octanol–water partition coefficient (Wildman–Crippen LogP) is 3.21. The number of hydrogen-bond donors (Lipinski definition) is 1. The number of hydrogen-bond acceptors (Lipinski definition) is 1. The molecule has 1 aliphatic rings. The summed E-state index contributed by atoms with van der Waals surface area (Å²) in [7, 11) is 0. The van der Waals surface area contributed by atoms with E-state index in [0.29, 0.717) is 6.42 Å². The van der Waals surface area contributed by atoms with Crippen molar-refractivity contribution in [3.05, 3.63) is 34.1 Å². The summed E-state index contributed by atoms with van der Waals surface area (Å²) >= 11 is 5.75. The van der Waals surface area contributed by atoms with Crippen LogP contribution in [0.4, 0.5) is 4.39 Å². The first kappa shape index (κ1) is 10.9. The smallest absolute Gasteiger partial charge is 0.145 e. The Balaban J connectivity index is 2.16. The minimum atomic E-state index is -0.277. The lowest BCUT2D eigenvalue weighted by molar-refractivity contribution is 0.569. The van der Waals surface area contributed by atoms with E-state index in [1.165, 1.54) is 0 Å². The van der Waals surface area contributed by atoms with Gasteiger partial charge in [-0.2, -0.15) is 0 Å². The standard InChI is InChI=1S/C12H15ClFN/c1-8-2-3-10(13)11(14)9(8)4-5-12(15)6-7-12/h2-3H,4-7,15H2,1H3. The quantitative estimate of drug-likeness (QED) is 0.843. The monoisotopic (exact) mass is 227 g/mol. The number of nitrogens with two attached hydrogens (primary N) is 1. The minimum absolute atomic E-state index is 0.0266. The molecule has 0 amide bonds. The van der Waals surface area contributed by atoms with Crippen LogP contribution < -0.4 is 5.73 Å². The van der Waals surface area contributed by atoms with E-state index in [-0.39, 0.29) is 16.4 Å². The van der Waals surface area contributed by atoms with E-state index in [4.69, 9.17) is 17.3 Å². The molecule has 0 saturated heterocycles. The van der Waals surface area contributed by atoms with Gasteiger partial charge in [0, 0.05) is 5.54 Å². The van der Waals surface area contributed by atoms with Crippen LogP contribution in [0.5, 0.6) is 0 Å². The summed E-state index contributed by atoms with van der Waals surface area (Å²) in [5.74, 6) is -0.277. The summed E-state index contributed by atoms with van der Waals surface area (Å²) in [5.41, 5.74) is 7.63. The van der Waals surface area contributed by atoms with Gasteiger partial charge in [0.05, 0.1) is 5.02 Å². The average Bonchev–Trinajstić information content (AvgIpc) is 2.91. The summed E-state index contributed by atoms with van der Waals surface area (Å²) in [6, 6.07) is 3.46. The molecule has 2 N–H and O–H groups in total. The number of rotatable bonds is 3. The molecule has 1 aromatic carbocycles. The molecule has 0 spiro atoms. The molecule has 2 rings (SSSR count). The van der Waals surface area contributed by atoms with Crippen LogP contribution in [0.3, 0.4) is 0 Å². The van der Waals surface area contributed by atoms with E-state index in [0.717, 1.165) is 30.4 Å². The van der Waals surface area contributed by atoms with Crippen LogP contribution in [-0.4, -0.2) is 5.54 Å². The second-order valence-corrected chi connectivity index (χ2v) is 4.93. The number of halogens is 2. The Morgan fingerprint density at radius 1 is 1.47 bits per heavy atom. The van der Waals surface area contributed by atoms with Crippen molar-refractivity contribution < 1.29 is 4.39 Å². The summed E-state index contributed by atoms with van der Waals surface area (Å²) < 4.78 is 13.7. The second kappa shape index (κ2) is 3.76. The van der Waals surface area contributed by atoms with Gasteiger partial charge in [0.2, 0.25) is 0 Å². The Morgan fingerprint density at radius 2 is 2.13 bits per heavy atom. The molecule has 15 heavy (non-hydrogen) atoms. The maximum Gasteiger partial charge on any atom is 0.145 e. The van der Waals surface area contributed by atoms with Gasteiger partial charge in [0.25, 0.3) is 0 Å². The van der Waals surface area contributed by atoms with E-state index in [9.17, 15) is 4.39 Å². The van der Waals surface area contributed by atoms with Crippen molar-refractivity contribution in [3.8, 4) is 0 Å². The first-order valence-corrected chi connectivity index (χ1v) is 5.62. The minimum Gasteiger partial charge on any atom is -0.325 e. The molecule has 82 valence electrons. The molecule has 1 saturated carbocycles. The Kier molecular flexibility index (Phi) is 2.73. The third-order valence-electron chi connectivity index (χ3n) is 3.20. The largest absolute Gasteiger partial charge is 0.325 e. The van der Waals surface area contributed by atoms with Gasteiger partial charge in [-0.25, -0.2) is 4.39 Å². The van der Waals surface area contributed by atoms with E-state index >= 15 is 0 Å². The molecule has 0 bridgehead atoms.